The summed E-state index contributed by atoms with van der Waals surface area (Å²) in [6.45, 7) is 0.160. The van der Waals surface area contributed by atoms with Crippen LogP contribution in [-0.2, 0) is 21.2 Å². The molecule has 0 atom stereocenters. The molecule has 0 radical (unpaired) electrons. The second-order valence-corrected chi connectivity index (χ2v) is 5.94. The molecule has 116 valence electrons. The summed E-state index contributed by atoms with van der Waals surface area (Å²) < 4.78 is 21.3. The highest BCUT2D eigenvalue weighted by Gasteiger charge is 2.06. The molecular formula is C11H16N4O5S. The first kappa shape index (κ1) is 16.9. The second kappa shape index (κ2) is 7.55. The maximum atomic E-state index is 11.5. The first-order valence-corrected chi connectivity index (χ1v) is 7.70. The largest absolute Gasteiger partial charge is 0.481 e. The number of pyridine rings is 1. The molecule has 0 aromatic carbocycles. The van der Waals surface area contributed by atoms with Gasteiger partial charge < -0.3 is 15.7 Å². The Labute approximate surface area is 121 Å². The van der Waals surface area contributed by atoms with Crippen molar-refractivity contribution in [1.82, 2.24) is 10.3 Å². The molecule has 2 amide bonds. The first-order valence-electron chi connectivity index (χ1n) is 5.98. The lowest BCUT2D eigenvalue weighted by atomic mass is 10.2. The summed E-state index contributed by atoms with van der Waals surface area (Å²) in [5.41, 5.74) is 0.773. The molecule has 0 spiro atoms. The number of aliphatic carboxylic acids is 1. The van der Waals surface area contributed by atoms with Crippen LogP contribution in [0.2, 0.25) is 0 Å². The van der Waals surface area contributed by atoms with Gasteiger partial charge in [0.1, 0.15) is 0 Å². The van der Waals surface area contributed by atoms with Crippen molar-refractivity contribution in [2.24, 2.45) is 5.14 Å². The number of aromatic nitrogens is 1. The van der Waals surface area contributed by atoms with E-state index in [0.29, 0.717) is 11.4 Å². The molecule has 1 aromatic heterocycles. The number of carboxylic acids is 1. The van der Waals surface area contributed by atoms with Crippen LogP contribution in [-0.4, -0.2) is 42.8 Å². The number of sulfonamides is 1. The molecule has 0 unspecified atom stereocenters. The second-order valence-electron chi connectivity index (χ2n) is 4.21. The molecule has 21 heavy (non-hydrogen) atoms. The average molecular weight is 316 g/mol. The number of urea groups is 1. The molecule has 10 heteroatoms. The first-order chi connectivity index (χ1) is 9.76. The van der Waals surface area contributed by atoms with E-state index in [1.165, 1.54) is 18.3 Å². The van der Waals surface area contributed by atoms with Crippen molar-refractivity contribution in [1.29, 1.82) is 0 Å². The van der Waals surface area contributed by atoms with Crippen LogP contribution < -0.4 is 15.8 Å². The highest BCUT2D eigenvalue weighted by Crippen LogP contribution is 2.06. The van der Waals surface area contributed by atoms with Crippen molar-refractivity contribution in [2.45, 2.75) is 12.8 Å². The molecule has 0 aliphatic heterocycles. The highest BCUT2D eigenvalue weighted by atomic mass is 32.2. The fourth-order valence-electron chi connectivity index (χ4n) is 1.41. The summed E-state index contributed by atoms with van der Waals surface area (Å²) in [7, 11) is -3.53. The maximum Gasteiger partial charge on any atom is 0.319 e. The number of carbonyl (C=O) groups is 2. The molecule has 1 rings (SSSR count). The normalized spacial score (nSPS) is 10.9. The van der Waals surface area contributed by atoms with E-state index >= 15 is 0 Å². The Morgan fingerprint density at radius 1 is 1.33 bits per heavy atom. The fraction of sp³-hybridized carbons (Fsp3) is 0.364. The van der Waals surface area contributed by atoms with Gasteiger partial charge in [-0.2, -0.15) is 0 Å². The van der Waals surface area contributed by atoms with Crippen LogP contribution in [0.15, 0.2) is 18.3 Å². The van der Waals surface area contributed by atoms with Gasteiger partial charge in [0.15, 0.2) is 0 Å². The van der Waals surface area contributed by atoms with Gasteiger partial charge in [0.05, 0.1) is 29.8 Å². The number of anilines is 1. The molecule has 0 saturated heterocycles. The van der Waals surface area contributed by atoms with Gasteiger partial charge in [-0.25, -0.2) is 18.4 Å². The average Bonchev–Trinajstić information content (AvgIpc) is 2.35. The van der Waals surface area contributed by atoms with Crippen molar-refractivity contribution in [3.05, 3.63) is 24.0 Å². The highest BCUT2D eigenvalue weighted by molar-refractivity contribution is 7.89. The Kier molecular flexibility index (Phi) is 6.06. The number of hydrogen-bond acceptors (Lipinski definition) is 5. The van der Waals surface area contributed by atoms with Crippen LogP contribution in [0, 0.1) is 0 Å². The molecule has 1 heterocycles. The smallest absolute Gasteiger partial charge is 0.319 e. The lowest BCUT2D eigenvalue weighted by molar-refractivity contribution is -0.136. The zero-order valence-electron chi connectivity index (χ0n) is 11.1. The Hall–Kier alpha value is -2.20. The van der Waals surface area contributed by atoms with Crippen molar-refractivity contribution < 1.29 is 23.1 Å². The van der Waals surface area contributed by atoms with Gasteiger partial charge in [0.2, 0.25) is 10.0 Å². The lowest BCUT2D eigenvalue weighted by Crippen LogP contribution is -2.31. The van der Waals surface area contributed by atoms with E-state index in [1.807, 2.05) is 0 Å². The summed E-state index contributed by atoms with van der Waals surface area (Å²) in [5, 5.41) is 18.3. The van der Waals surface area contributed by atoms with Crippen LogP contribution >= 0.6 is 0 Å². The summed E-state index contributed by atoms with van der Waals surface area (Å²) in [6, 6.07) is 2.50. The number of hydrogen-bond donors (Lipinski definition) is 4. The molecule has 0 saturated carbocycles. The minimum absolute atomic E-state index is 0.160. The van der Waals surface area contributed by atoms with Crippen molar-refractivity contribution >= 4 is 27.7 Å². The number of carboxylic acid groups (broad SMARTS) is 1. The van der Waals surface area contributed by atoms with Gasteiger partial charge in [-0.05, 0) is 18.6 Å². The number of nitrogens with zero attached hydrogens (tertiary/aromatic N) is 1. The van der Waals surface area contributed by atoms with Gasteiger partial charge in [-0.3, -0.25) is 9.78 Å². The summed E-state index contributed by atoms with van der Waals surface area (Å²) in [5.74, 6) is -1.20. The zero-order valence-corrected chi connectivity index (χ0v) is 11.9. The van der Waals surface area contributed by atoms with Crippen molar-refractivity contribution in [2.75, 3.05) is 17.6 Å². The topological polar surface area (TPSA) is 151 Å². The Morgan fingerprint density at radius 2 is 2.05 bits per heavy atom. The number of nitrogens with two attached hydrogens (primary N) is 1. The van der Waals surface area contributed by atoms with Crippen molar-refractivity contribution in [3.63, 3.8) is 0 Å². The third-order valence-electron chi connectivity index (χ3n) is 2.31. The molecular weight excluding hydrogens is 300 g/mol. The summed E-state index contributed by atoms with van der Waals surface area (Å²) >= 11 is 0. The Balaban J connectivity index is 2.36. The van der Waals surface area contributed by atoms with Crippen LogP contribution in [0.4, 0.5) is 10.5 Å². The van der Waals surface area contributed by atoms with Crippen LogP contribution in [0.25, 0.3) is 0 Å². The maximum absolute atomic E-state index is 11.5. The zero-order chi connectivity index (χ0) is 15.9. The van der Waals surface area contributed by atoms with Crippen LogP contribution in [0.1, 0.15) is 12.1 Å². The van der Waals surface area contributed by atoms with E-state index < -0.39 is 22.0 Å². The molecule has 9 nitrogen and oxygen atoms in total. The van der Waals surface area contributed by atoms with E-state index in [4.69, 9.17) is 10.2 Å². The van der Waals surface area contributed by atoms with Gasteiger partial charge >= 0.3 is 12.0 Å². The number of nitrogens with one attached hydrogen (secondary N) is 2. The van der Waals surface area contributed by atoms with E-state index in [0.717, 1.165) is 0 Å². The Morgan fingerprint density at radius 3 is 2.57 bits per heavy atom. The van der Waals surface area contributed by atoms with Gasteiger partial charge in [0.25, 0.3) is 0 Å². The van der Waals surface area contributed by atoms with E-state index in [-0.39, 0.29) is 25.1 Å². The molecule has 0 bridgehead atoms. The third kappa shape index (κ3) is 7.84. The minimum atomic E-state index is -3.53. The molecule has 0 fully saturated rings. The molecule has 1 aromatic rings. The quantitative estimate of drug-likeness (QED) is 0.498. The van der Waals surface area contributed by atoms with Gasteiger partial charge in [0, 0.05) is 6.54 Å². The Bertz CT molecular complexity index is 600. The monoisotopic (exact) mass is 316 g/mol. The van der Waals surface area contributed by atoms with Crippen molar-refractivity contribution in [3.8, 4) is 0 Å². The summed E-state index contributed by atoms with van der Waals surface area (Å²) in [4.78, 5) is 25.8. The van der Waals surface area contributed by atoms with Crippen LogP contribution in [0.3, 0.4) is 0 Å². The van der Waals surface area contributed by atoms with Crippen LogP contribution in [0.5, 0.6) is 0 Å². The predicted octanol–water partition coefficient (Wildman–Crippen LogP) is -0.491. The van der Waals surface area contributed by atoms with E-state index in [1.54, 1.807) is 0 Å². The molecule has 5 N–H and O–H groups in total. The summed E-state index contributed by atoms with van der Waals surface area (Å²) in [6.07, 6.45) is 1.35. The minimum Gasteiger partial charge on any atom is -0.481 e. The lowest BCUT2D eigenvalue weighted by Gasteiger charge is -2.07. The number of amides is 2. The number of carbonyl (C=O) groups excluding carboxylic acids is 1. The van der Waals surface area contributed by atoms with Gasteiger partial charge in [-0.1, -0.05) is 0 Å². The molecule has 0 aliphatic rings. The molecule has 0 aliphatic carbocycles. The number of primary sulfonamides is 1. The fourth-order valence-corrected chi connectivity index (χ4v) is 1.96. The predicted molar refractivity (Wildman–Crippen MR) is 75.2 cm³/mol. The van der Waals surface area contributed by atoms with Gasteiger partial charge in [-0.15, -0.1) is 0 Å². The standard InChI is InChI=1S/C11H16N4O5S/c12-21(19,20)5-1-4-13-11(18)15-9-3-2-8(14-7-9)6-10(16)17/h2-3,7H,1,4-6H2,(H,16,17)(H2,12,19,20)(H2,13,15,18). The van der Waals surface area contributed by atoms with E-state index in [2.05, 4.69) is 15.6 Å². The van der Waals surface area contributed by atoms with E-state index in [9.17, 15) is 18.0 Å². The SMILES string of the molecule is NS(=O)(=O)CCCNC(=O)Nc1ccc(CC(=O)O)nc1. The third-order valence-corrected chi connectivity index (χ3v) is 3.16. The number of rotatable bonds is 7.